The van der Waals surface area contributed by atoms with Gasteiger partial charge in [0.15, 0.2) is 0 Å². The maximum Gasteiger partial charge on any atom is 0.322 e. The summed E-state index contributed by atoms with van der Waals surface area (Å²) in [6.45, 7) is 3.53. The molecule has 0 saturated carbocycles. The van der Waals surface area contributed by atoms with Gasteiger partial charge < -0.3 is 24.2 Å². The van der Waals surface area contributed by atoms with Gasteiger partial charge in [-0.25, -0.2) is 4.98 Å². The molecule has 2 saturated heterocycles. The topological polar surface area (TPSA) is 92.4 Å². The molecule has 9 heteroatoms. The van der Waals surface area contributed by atoms with E-state index in [2.05, 4.69) is 24.8 Å². The van der Waals surface area contributed by atoms with Crippen LogP contribution in [0.4, 0.5) is 11.9 Å². The van der Waals surface area contributed by atoms with Gasteiger partial charge in [-0.05, 0) is 31.6 Å². The normalized spacial score (nSPS) is 19.8. The highest BCUT2D eigenvalue weighted by atomic mass is 16.5. The average Bonchev–Trinajstić information content (AvgIpc) is 3.01. The number of methoxy groups -OCH3 is 1. The lowest BCUT2D eigenvalue weighted by Crippen LogP contribution is -2.37. The Balaban J connectivity index is 1.46. The van der Waals surface area contributed by atoms with Crippen LogP contribution in [0.1, 0.15) is 50.5 Å². The smallest absolute Gasteiger partial charge is 0.322 e. The molecule has 158 valence electrons. The molecule has 0 aliphatic carbocycles. The predicted molar refractivity (Wildman–Crippen MR) is 110 cm³/mol. The standard InChI is InChI=1S/C20H31N7O2/c1-25-14-9-21-17(25)16(28)15-7-12-27(13-8-15)19-22-18(23-20(24-19)29-2)26-10-5-3-4-6-11-26/h9,14-16,28H,3-8,10-13H2,1-2H3. The molecule has 2 aliphatic rings. The van der Waals surface area contributed by atoms with Crippen LogP contribution in [0.15, 0.2) is 12.4 Å². The second kappa shape index (κ2) is 8.94. The molecule has 0 radical (unpaired) electrons. The lowest BCUT2D eigenvalue weighted by atomic mass is 9.91. The Bertz CT molecular complexity index is 796. The van der Waals surface area contributed by atoms with Gasteiger partial charge in [0.2, 0.25) is 11.9 Å². The van der Waals surface area contributed by atoms with Crippen molar-refractivity contribution in [1.82, 2.24) is 24.5 Å². The van der Waals surface area contributed by atoms with Crippen LogP contribution in [0, 0.1) is 5.92 Å². The first-order valence-corrected chi connectivity index (χ1v) is 10.6. The highest BCUT2D eigenvalue weighted by molar-refractivity contribution is 5.41. The van der Waals surface area contributed by atoms with E-state index in [9.17, 15) is 5.11 Å². The summed E-state index contributed by atoms with van der Waals surface area (Å²) in [4.78, 5) is 22.5. The van der Waals surface area contributed by atoms with E-state index in [0.29, 0.717) is 17.9 Å². The summed E-state index contributed by atoms with van der Waals surface area (Å²) < 4.78 is 7.25. The number of anilines is 2. The number of aliphatic hydroxyl groups is 1. The zero-order chi connectivity index (χ0) is 20.2. The van der Waals surface area contributed by atoms with Gasteiger partial charge >= 0.3 is 6.01 Å². The monoisotopic (exact) mass is 401 g/mol. The fraction of sp³-hybridized carbons (Fsp3) is 0.700. The Morgan fingerprint density at radius 3 is 2.14 bits per heavy atom. The maximum absolute atomic E-state index is 10.7. The minimum absolute atomic E-state index is 0.182. The molecule has 1 N–H and O–H groups in total. The molecule has 4 rings (SSSR count). The number of aromatic nitrogens is 5. The largest absolute Gasteiger partial charge is 0.467 e. The highest BCUT2D eigenvalue weighted by Gasteiger charge is 2.30. The summed E-state index contributed by atoms with van der Waals surface area (Å²) in [5, 5.41) is 10.7. The van der Waals surface area contributed by atoms with Crippen molar-refractivity contribution in [2.45, 2.75) is 44.6 Å². The molecule has 2 fully saturated rings. The van der Waals surface area contributed by atoms with Crippen molar-refractivity contribution in [1.29, 1.82) is 0 Å². The Morgan fingerprint density at radius 1 is 0.966 bits per heavy atom. The lowest BCUT2D eigenvalue weighted by Gasteiger charge is -2.34. The minimum Gasteiger partial charge on any atom is -0.467 e. The summed E-state index contributed by atoms with van der Waals surface area (Å²) in [6.07, 6.45) is 9.64. The van der Waals surface area contributed by atoms with Gasteiger partial charge in [0.25, 0.3) is 0 Å². The molecule has 4 heterocycles. The van der Waals surface area contributed by atoms with Gasteiger partial charge in [-0.2, -0.15) is 15.0 Å². The third-order valence-electron chi connectivity index (χ3n) is 6.05. The van der Waals surface area contributed by atoms with Crippen LogP contribution in [-0.2, 0) is 7.05 Å². The number of imidazole rings is 1. The SMILES string of the molecule is COc1nc(N2CCCCCC2)nc(N2CCC(C(O)c3nccn3C)CC2)n1. The molecule has 0 amide bonds. The Morgan fingerprint density at radius 2 is 1.59 bits per heavy atom. The summed E-state index contributed by atoms with van der Waals surface area (Å²) in [7, 11) is 3.52. The van der Waals surface area contributed by atoms with Crippen molar-refractivity contribution in [3.63, 3.8) is 0 Å². The van der Waals surface area contributed by atoms with Crippen molar-refractivity contribution >= 4 is 11.9 Å². The van der Waals surface area contributed by atoms with E-state index in [0.717, 1.165) is 44.8 Å². The summed E-state index contributed by atoms with van der Waals surface area (Å²) in [5.41, 5.74) is 0. The van der Waals surface area contributed by atoms with E-state index in [1.807, 2.05) is 17.8 Å². The Hall–Kier alpha value is -2.42. The summed E-state index contributed by atoms with van der Waals surface area (Å²) in [5.74, 6) is 2.29. The van der Waals surface area contributed by atoms with E-state index in [-0.39, 0.29) is 5.92 Å². The van der Waals surface area contributed by atoms with E-state index >= 15 is 0 Å². The number of aliphatic hydroxyl groups excluding tert-OH is 1. The molecule has 0 spiro atoms. The molecule has 1 atom stereocenters. The van der Waals surface area contributed by atoms with Crippen LogP contribution >= 0.6 is 0 Å². The third kappa shape index (κ3) is 4.44. The van der Waals surface area contributed by atoms with Gasteiger partial charge in [-0.15, -0.1) is 0 Å². The fourth-order valence-electron chi connectivity index (χ4n) is 4.27. The van der Waals surface area contributed by atoms with Gasteiger partial charge in [0, 0.05) is 45.6 Å². The molecule has 2 aliphatic heterocycles. The summed E-state index contributed by atoms with van der Waals surface area (Å²) in [6, 6.07) is 0.365. The summed E-state index contributed by atoms with van der Waals surface area (Å²) >= 11 is 0. The van der Waals surface area contributed by atoms with E-state index in [4.69, 9.17) is 9.72 Å². The van der Waals surface area contributed by atoms with Crippen molar-refractivity contribution in [3.8, 4) is 6.01 Å². The van der Waals surface area contributed by atoms with Gasteiger partial charge in [0.1, 0.15) is 11.9 Å². The highest BCUT2D eigenvalue weighted by Crippen LogP contribution is 2.31. The third-order valence-corrected chi connectivity index (χ3v) is 6.05. The second-order valence-electron chi connectivity index (χ2n) is 7.99. The Labute approximate surface area is 171 Å². The average molecular weight is 402 g/mol. The van der Waals surface area contributed by atoms with E-state index in [1.165, 1.54) is 25.7 Å². The number of hydrogen-bond donors (Lipinski definition) is 1. The molecule has 2 aromatic rings. The number of ether oxygens (including phenoxy) is 1. The second-order valence-corrected chi connectivity index (χ2v) is 7.99. The minimum atomic E-state index is -0.544. The molecular weight excluding hydrogens is 370 g/mol. The van der Waals surface area contributed by atoms with Crippen molar-refractivity contribution in [2.24, 2.45) is 13.0 Å². The lowest BCUT2D eigenvalue weighted by molar-refractivity contribution is 0.0823. The quantitative estimate of drug-likeness (QED) is 0.813. The van der Waals surface area contributed by atoms with Gasteiger partial charge in [-0.1, -0.05) is 12.8 Å². The zero-order valence-electron chi connectivity index (χ0n) is 17.4. The zero-order valence-corrected chi connectivity index (χ0v) is 17.4. The molecule has 0 bridgehead atoms. The Kier molecular flexibility index (Phi) is 6.13. The van der Waals surface area contributed by atoms with E-state index < -0.39 is 6.10 Å². The number of piperidine rings is 1. The first-order chi connectivity index (χ1) is 14.2. The van der Waals surface area contributed by atoms with Crippen LogP contribution in [0.5, 0.6) is 6.01 Å². The van der Waals surface area contributed by atoms with E-state index in [1.54, 1.807) is 13.3 Å². The molecular formula is C20H31N7O2. The first-order valence-electron chi connectivity index (χ1n) is 10.6. The van der Waals surface area contributed by atoms with Crippen molar-refractivity contribution in [2.75, 3.05) is 43.1 Å². The number of hydrogen-bond acceptors (Lipinski definition) is 8. The number of nitrogens with zero attached hydrogens (tertiary/aromatic N) is 7. The molecule has 1 unspecified atom stereocenters. The number of rotatable bonds is 5. The van der Waals surface area contributed by atoms with Crippen molar-refractivity contribution in [3.05, 3.63) is 18.2 Å². The molecule has 29 heavy (non-hydrogen) atoms. The first kappa shape index (κ1) is 19.9. The van der Waals surface area contributed by atoms with Crippen LogP contribution in [0.2, 0.25) is 0 Å². The van der Waals surface area contributed by atoms with Crippen LogP contribution < -0.4 is 14.5 Å². The van der Waals surface area contributed by atoms with Crippen LogP contribution in [-0.4, -0.2) is 62.9 Å². The van der Waals surface area contributed by atoms with Gasteiger partial charge in [-0.3, -0.25) is 0 Å². The van der Waals surface area contributed by atoms with Crippen LogP contribution in [0.25, 0.3) is 0 Å². The van der Waals surface area contributed by atoms with Crippen molar-refractivity contribution < 1.29 is 9.84 Å². The number of aryl methyl sites for hydroxylation is 1. The van der Waals surface area contributed by atoms with Gasteiger partial charge in [0.05, 0.1) is 7.11 Å². The molecule has 0 aromatic carbocycles. The molecule has 9 nitrogen and oxygen atoms in total. The maximum atomic E-state index is 10.7. The predicted octanol–water partition coefficient (Wildman–Crippen LogP) is 1.94. The molecule has 2 aromatic heterocycles. The van der Waals surface area contributed by atoms with Crippen LogP contribution in [0.3, 0.4) is 0 Å². The fourth-order valence-corrected chi connectivity index (χ4v) is 4.27.